The van der Waals surface area contributed by atoms with Gasteiger partial charge in [-0.15, -0.1) is 0 Å². The lowest BCUT2D eigenvalue weighted by molar-refractivity contribution is -0.0323. The zero-order valence-electron chi connectivity index (χ0n) is 11.4. The van der Waals surface area contributed by atoms with Gasteiger partial charge in [-0.2, -0.15) is 0 Å². The molecule has 17 heavy (non-hydrogen) atoms. The van der Waals surface area contributed by atoms with Crippen molar-refractivity contribution in [2.24, 2.45) is 0 Å². The van der Waals surface area contributed by atoms with Crippen LogP contribution in [0.4, 0.5) is 0 Å². The van der Waals surface area contributed by atoms with Crippen molar-refractivity contribution in [3.8, 4) is 0 Å². The Bertz CT molecular complexity index is 193. The molecular weight excluding hydrogens is 218 g/mol. The fourth-order valence-corrected chi connectivity index (χ4v) is 1.99. The van der Waals surface area contributed by atoms with Crippen molar-refractivity contribution >= 4 is 0 Å². The highest BCUT2D eigenvalue weighted by Crippen LogP contribution is 2.03. The zero-order chi connectivity index (χ0) is 12.5. The van der Waals surface area contributed by atoms with Gasteiger partial charge in [0.05, 0.1) is 19.3 Å². The molecule has 0 aliphatic carbocycles. The standard InChI is InChI=1S/C12H27N3O2/c1-14(6-4-13-5-8-16-3)10-12-11-15(2)7-9-17-12/h12-13H,4-11H2,1-3H3. The number of nitrogens with zero attached hydrogens (tertiary/aromatic N) is 2. The average molecular weight is 245 g/mol. The predicted molar refractivity (Wildman–Crippen MR) is 69.5 cm³/mol. The van der Waals surface area contributed by atoms with Gasteiger partial charge in [0.1, 0.15) is 0 Å². The molecule has 0 aromatic carbocycles. The lowest BCUT2D eigenvalue weighted by atomic mass is 10.2. The van der Waals surface area contributed by atoms with Gasteiger partial charge in [0.25, 0.3) is 0 Å². The number of likely N-dealkylation sites (N-methyl/N-ethyl adjacent to an activating group) is 2. The second-order valence-electron chi connectivity index (χ2n) is 4.76. The highest BCUT2D eigenvalue weighted by molar-refractivity contribution is 4.72. The molecule has 1 saturated heterocycles. The quantitative estimate of drug-likeness (QED) is 0.583. The first-order valence-electron chi connectivity index (χ1n) is 6.40. The molecule has 5 heteroatoms. The maximum absolute atomic E-state index is 5.74. The molecule has 0 amide bonds. The maximum Gasteiger partial charge on any atom is 0.0829 e. The van der Waals surface area contributed by atoms with Gasteiger partial charge in [0, 0.05) is 46.4 Å². The van der Waals surface area contributed by atoms with Crippen LogP contribution in [0.25, 0.3) is 0 Å². The normalized spacial score (nSPS) is 22.2. The number of hydrogen-bond donors (Lipinski definition) is 1. The summed E-state index contributed by atoms with van der Waals surface area (Å²) in [6.45, 7) is 7.72. The molecule has 0 bridgehead atoms. The monoisotopic (exact) mass is 245 g/mol. The molecule has 1 aliphatic rings. The highest BCUT2D eigenvalue weighted by atomic mass is 16.5. The molecule has 0 aromatic rings. The second-order valence-corrected chi connectivity index (χ2v) is 4.76. The molecule has 0 saturated carbocycles. The second kappa shape index (κ2) is 8.83. The molecule has 0 aromatic heterocycles. The van der Waals surface area contributed by atoms with Crippen LogP contribution < -0.4 is 5.32 Å². The minimum absolute atomic E-state index is 0.359. The molecule has 1 unspecified atom stereocenters. The Balaban J connectivity index is 2.01. The van der Waals surface area contributed by atoms with Crippen LogP contribution >= 0.6 is 0 Å². The Hall–Kier alpha value is -0.200. The summed E-state index contributed by atoms with van der Waals surface area (Å²) in [7, 11) is 6.03. The van der Waals surface area contributed by atoms with Crippen LogP contribution in [0.15, 0.2) is 0 Å². The average Bonchev–Trinajstić information content (AvgIpc) is 2.29. The summed E-state index contributed by atoms with van der Waals surface area (Å²) in [5.74, 6) is 0. The summed E-state index contributed by atoms with van der Waals surface area (Å²) in [5, 5.41) is 3.35. The van der Waals surface area contributed by atoms with Gasteiger partial charge in [-0.05, 0) is 14.1 Å². The van der Waals surface area contributed by atoms with Gasteiger partial charge >= 0.3 is 0 Å². The summed E-state index contributed by atoms with van der Waals surface area (Å²) in [6.07, 6.45) is 0.359. The first-order valence-corrected chi connectivity index (χ1v) is 6.40. The number of nitrogens with one attached hydrogen (secondary N) is 1. The lowest BCUT2D eigenvalue weighted by Crippen LogP contribution is -2.46. The molecule has 1 atom stereocenters. The van der Waals surface area contributed by atoms with Crippen molar-refractivity contribution in [3.05, 3.63) is 0 Å². The summed E-state index contributed by atoms with van der Waals surface area (Å²) in [4.78, 5) is 4.66. The Morgan fingerprint density at radius 3 is 3.00 bits per heavy atom. The highest BCUT2D eigenvalue weighted by Gasteiger charge is 2.18. The van der Waals surface area contributed by atoms with Gasteiger partial charge in [-0.25, -0.2) is 0 Å². The van der Waals surface area contributed by atoms with Crippen molar-refractivity contribution in [2.75, 3.05) is 73.7 Å². The van der Waals surface area contributed by atoms with Crippen molar-refractivity contribution in [3.63, 3.8) is 0 Å². The van der Waals surface area contributed by atoms with Crippen molar-refractivity contribution < 1.29 is 9.47 Å². The minimum Gasteiger partial charge on any atom is -0.383 e. The van der Waals surface area contributed by atoms with E-state index in [0.29, 0.717) is 6.10 Å². The van der Waals surface area contributed by atoms with Crippen molar-refractivity contribution in [2.45, 2.75) is 6.10 Å². The molecule has 1 fully saturated rings. The third-order valence-corrected chi connectivity index (χ3v) is 3.01. The topological polar surface area (TPSA) is 37.0 Å². The fourth-order valence-electron chi connectivity index (χ4n) is 1.99. The van der Waals surface area contributed by atoms with Crippen LogP contribution in [0.3, 0.4) is 0 Å². The maximum atomic E-state index is 5.74. The molecule has 0 spiro atoms. The third-order valence-electron chi connectivity index (χ3n) is 3.01. The van der Waals surface area contributed by atoms with Crippen LogP contribution in [0.5, 0.6) is 0 Å². The Kier molecular flexibility index (Phi) is 7.72. The van der Waals surface area contributed by atoms with E-state index in [-0.39, 0.29) is 0 Å². The predicted octanol–water partition coefficient (Wildman–Crippen LogP) is -0.515. The Labute approximate surface area is 105 Å². The molecule has 1 rings (SSSR count). The number of methoxy groups -OCH3 is 1. The van der Waals surface area contributed by atoms with E-state index in [0.717, 1.165) is 52.5 Å². The SMILES string of the molecule is COCCNCCN(C)CC1CN(C)CCO1. The fraction of sp³-hybridized carbons (Fsp3) is 1.00. The van der Waals surface area contributed by atoms with E-state index < -0.39 is 0 Å². The van der Waals surface area contributed by atoms with Crippen LogP contribution in [-0.4, -0.2) is 89.6 Å². The summed E-state index contributed by atoms with van der Waals surface area (Å²) in [6, 6.07) is 0. The van der Waals surface area contributed by atoms with Gasteiger partial charge in [-0.3, -0.25) is 0 Å². The minimum atomic E-state index is 0.359. The molecular formula is C12H27N3O2. The van der Waals surface area contributed by atoms with E-state index in [9.17, 15) is 0 Å². The largest absolute Gasteiger partial charge is 0.383 e. The molecule has 1 heterocycles. The van der Waals surface area contributed by atoms with Crippen molar-refractivity contribution in [1.82, 2.24) is 15.1 Å². The van der Waals surface area contributed by atoms with E-state index >= 15 is 0 Å². The van der Waals surface area contributed by atoms with Crippen LogP contribution in [0, 0.1) is 0 Å². The van der Waals surface area contributed by atoms with Gasteiger partial charge in [0.2, 0.25) is 0 Å². The van der Waals surface area contributed by atoms with Gasteiger partial charge < -0.3 is 24.6 Å². The van der Waals surface area contributed by atoms with Crippen LogP contribution in [0.2, 0.25) is 0 Å². The number of hydrogen-bond acceptors (Lipinski definition) is 5. The molecule has 0 radical (unpaired) electrons. The van der Waals surface area contributed by atoms with Crippen LogP contribution in [0.1, 0.15) is 0 Å². The van der Waals surface area contributed by atoms with Gasteiger partial charge in [-0.1, -0.05) is 0 Å². The lowest BCUT2D eigenvalue weighted by Gasteiger charge is -2.32. The smallest absolute Gasteiger partial charge is 0.0829 e. The van der Waals surface area contributed by atoms with Crippen molar-refractivity contribution in [1.29, 1.82) is 0 Å². The molecule has 1 N–H and O–H groups in total. The van der Waals surface area contributed by atoms with E-state index in [4.69, 9.17) is 9.47 Å². The first-order chi connectivity index (χ1) is 8.22. The molecule has 1 aliphatic heterocycles. The number of rotatable bonds is 8. The summed E-state index contributed by atoms with van der Waals surface area (Å²) >= 11 is 0. The van der Waals surface area contributed by atoms with Crippen LogP contribution in [-0.2, 0) is 9.47 Å². The Morgan fingerprint density at radius 1 is 1.47 bits per heavy atom. The van der Waals surface area contributed by atoms with Gasteiger partial charge in [0.15, 0.2) is 0 Å². The zero-order valence-corrected chi connectivity index (χ0v) is 11.4. The van der Waals surface area contributed by atoms with E-state index in [1.807, 2.05) is 0 Å². The Morgan fingerprint density at radius 2 is 2.29 bits per heavy atom. The molecule has 5 nitrogen and oxygen atoms in total. The van der Waals surface area contributed by atoms with E-state index in [1.165, 1.54) is 0 Å². The summed E-state index contributed by atoms with van der Waals surface area (Å²) < 4.78 is 10.7. The van der Waals surface area contributed by atoms with E-state index in [1.54, 1.807) is 7.11 Å². The first kappa shape index (κ1) is 14.9. The third kappa shape index (κ3) is 6.95. The summed E-state index contributed by atoms with van der Waals surface area (Å²) in [5.41, 5.74) is 0. The molecule has 102 valence electrons. The number of morpholine rings is 1. The van der Waals surface area contributed by atoms with E-state index in [2.05, 4.69) is 29.2 Å². The number of ether oxygens (including phenoxy) is 2.